The number of carbonyl (C=O) groups is 1. The predicted octanol–water partition coefficient (Wildman–Crippen LogP) is -0.420. The van der Waals surface area contributed by atoms with Gasteiger partial charge in [-0.1, -0.05) is 6.92 Å². The molecular formula is C14H24N2O3. The van der Waals surface area contributed by atoms with Crippen LogP contribution in [0.3, 0.4) is 0 Å². The highest BCUT2D eigenvalue weighted by Gasteiger charge is 2.39. The molecule has 3 atom stereocenters. The number of unbranched alkanes of at least 4 members (excludes halogenated alkanes) is 1. The molecule has 19 heavy (non-hydrogen) atoms. The minimum Gasteiger partial charge on any atom is -0.395 e. The molecule has 3 N–H and O–H groups in total. The van der Waals surface area contributed by atoms with Gasteiger partial charge in [0.2, 0.25) is 5.91 Å². The third-order valence-electron chi connectivity index (χ3n) is 3.65. The third-order valence-corrected chi connectivity index (χ3v) is 3.65. The average molecular weight is 268 g/mol. The van der Waals surface area contributed by atoms with Gasteiger partial charge in [-0.05, 0) is 13.0 Å². The summed E-state index contributed by atoms with van der Waals surface area (Å²) in [7, 11) is 0. The number of nitrogens with one attached hydrogen (secondary N) is 1. The molecule has 0 aliphatic carbocycles. The maximum Gasteiger partial charge on any atom is 0.219 e. The molecule has 1 heterocycles. The van der Waals surface area contributed by atoms with Gasteiger partial charge >= 0.3 is 0 Å². The first-order chi connectivity index (χ1) is 9.13. The van der Waals surface area contributed by atoms with Crippen molar-refractivity contribution in [3.8, 4) is 12.3 Å². The summed E-state index contributed by atoms with van der Waals surface area (Å²) < 4.78 is 0. The van der Waals surface area contributed by atoms with Gasteiger partial charge in [0, 0.05) is 31.8 Å². The number of terminal acetylenes is 1. The van der Waals surface area contributed by atoms with Gasteiger partial charge in [0.1, 0.15) is 0 Å². The van der Waals surface area contributed by atoms with E-state index in [0.29, 0.717) is 25.9 Å². The van der Waals surface area contributed by atoms with E-state index < -0.39 is 6.10 Å². The average Bonchev–Trinajstić information content (AvgIpc) is 2.72. The van der Waals surface area contributed by atoms with Gasteiger partial charge in [-0.2, -0.15) is 0 Å². The summed E-state index contributed by atoms with van der Waals surface area (Å²) in [5, 5.41) is 22.3. The maximum absolute atomic E-state index is 11.2. The van der Waals surface area contributed by atoms with Crippen LogP contribution in [0.15, 0.2) is 0 Å². The fourth-order valence-electron chi connectivity index (χ4n) is 2.49. The molecule has 5 nitrogen and oxygen atoms in total. The molecule has 108 valence electrons. The van der Waals surface area contributed by atoms with Gasteiger partial charge in [0.25, 0.3) is 0 Å². The molecule has 0 bridgehead atoms. The second-order valence-electron chi connectivity index (χ2n) is 4.96. The van der Waals surface area contributed by atoms with Crippen molar-refractivity contribution in [2.24, 2.45) is 5.92 Å². The van der Waals surface area contributed by atoms with E-state index in [2.05, 4.69) is 16.1 Å². The zero-order chi connectivity index (χ0) is 14.3. The van der Waals surface area contributed by atoms with Crippen molar-refractivity contribution < 1.29 is 15.0 Å². The Bertz CT molecular complexity index is 327. The Labute approximate surface area is 115 Å². The van der Waals surface area contributed by atoms with Gasteiger partial charge in [-0.25, -0.2) is 0 Å². The van der Waals surface area contributed by atoms with E-state index in [1.54, 1.807) is 6.92 Å². The minimum absolute atomic E-state index is 0.0152. The number of aliphatic hydroxyl groups excluding tert-OH is 2. The molecule has 1 aliphatic rings. The highest BCUT2D eigenvalue weighted by Crippen LogP contribution is 2.23. The molecule has 0 aromatic heterocycles. The lowest BCUT2D eigenvalue weighted by Gasteiger charge is -2.23. The van der Waals surface area contributed by atoms with E-state index >= 15 is 0 Å². The first-order valence-corrected chi connectivity index (χ1v) is 6.87. The Balaban J connectivity index is 2.47. The molecule has 1 saturated heterocycles. The van der Waals surface area contributed by atoms with E-state index in [1.165, 1.54) is 0 Å². The molecule has 0 aromatic rings. The van der Waals surface area contributed by atoms with Crippen LogP contribution in [0.2, 0.25) is 0 Å². The Kier molecular flexibility index (Phi) is 6.85. The van der Waals surface area contributed by atoms with Crippen LogP contribution in [-0.4, -0.2) is 59.4 Å². The number of likely N-dealkylation sites (tertiary alicyclic amines) is 1. The van der Waals surface area contributed by atoms with E-state index in [4.69, 9.17) is 6.42 Å². The van der Waals surface area contributed by atoms with Crippen LogP contribution in [0.25, 0.3) is 0 Å². The predicted molar refractivity (Wildman–Crippen MR) is 73.3 cm³/mol. The Morgan fingerprint density at radius 1 is 1.58 bits per heavy atom. The number of amides is 1. The molecule has 1 aliphatic heterocycles. The van der Waals surface area contributed by atoms with Crippen molar-refractivity contribution in [1.29, 1.82) is 0 Å². The van der Waals surface area contributed by atoms with Crippen LogP contribution in [0.4, 0.5) is 0 Å². The van der Waals surface area contributed by atoms with Crippen molar-refractivity contribution in [2.45, 2.75) is 38.3 Å². The zero-order valence-corrected chi connectivity index (χ0v) is 11.5. The largest absolute Gasteiger partial charge is 0.395 e. The van der Waals surface area contributed by atoms with E-state index in [-0.39, 0.29) is 24.5 Å². The standard InChI is InChI=1S/C14H24N2O3/c1-3-5-6-7-16-9-11(8-15-13(18)4-2)14(19)12(16)10-17/h1,11-12,14,17,19H,4-10H2,2H3,(H,15,18). The lowest BCUT2D eigenvalue weighted by molar-refractivity contribution is -0.121. The summed E-state index contributed by atoms with van der Waals surface area (Å²) in [6.45, 7) is 3.63. The third kappa shape index (κ3) is 4.50. The lowest BCUT2D eigenvalue weighted by atomic mass is 10.0. The first-order valence-electron chi connectivity index (χ1n) is 6.87. The number of rotatable bonds is 7. The highest BCUT2D eigenvalue weighted by molar-refractivity contribution is 5.75. The Morgan fingerprint density at radius 3 is 2.89 bits per heavy atom. The summed E-state index contributed by atoms with van der Waals surface area (Å²) >= 11 is 0. The summed E-state index contributed by atoms with van der Waals surface area (Å²) in [4.78, 5) is 13.3. The van der Waals surface area contributed by atoms with Gasteiger partial charge in [0.15, 0.2) is 0 Å². The molecule has 1 rings (SSSR count). The molecule has 1 amide bonds. The monoisotopic (exact) mass is 268 g/mol. The zero-order valence-electron chi connectivity index (χ0n) is 11.5. The topological polar surface area (TPSA) is 72.8 Å². The number of nitrogens with zero attached hydrogens (tertiary/aromatic N) is 1. The van der Waals surface area contributed by atoms with Gasteiger partial charge in [0.05, 0.1) is 18.8 Å². The summed E-state index contributed by atoms with van der Waals surface area (Å²) in [6, 6.07) is -0.249. The van der Waals surface area contributed by atoms with Crippen LogP contribution in [0, 0.1) is 18.3 Å². The van der Waals surface area contributed by atoms with Crippen molar-refractivity contribution >= 4 is 5.91 Å². The minimum atomic E-state index is -0.604. The number of hydrogen-bond acceptors (Lipinski definition) is 4. The number of aliphatic hydroxyl groups is 2. The normalized spacial score (nSPS) is 27.2. The van der Waals surface area contributed by atoms with E-state index in [9.17, 15) is 15.0 Å². The van der Waals surface area contributed by atoms with Crippen LogP contribution < -0.4 is 5.32 Å². The molecule has 0 saturated carbocycles. The first kappa shape index (κ1) is 16.0. The Hall–Kier alpha value is -1.09. The molecule has 5 heteroatoms. The second-order valence-corrected chi connectivity index (χ2v) is 4.96. The quantitative estimate of drug-likeness (QED) is 0.433. The van der Waals surface area contributed by atoms with Crippen LogP contribution >= 0.6 is 0 Å². The van der Waals surface area contributed by atoms with Crippen molar-refractivity contribution in [2.75, 3.05) is 26.2 Å². The molecule has 0 aromatic carbocycles. The number of hydrogen-bond donors (Lipinski definition) is 3. The highest BCUT2D eigenvalue weighted by atomic mass is 16.3. The number of carbonyl (C=O) groups excluding carboxylic acids is 1. The fourth-order valence-corrected chi connectivity index (χ4v) is 2.49. The molecule has 0 spiro atoms. The lowest BCUT2D eigenvalue weighted by Crippen LogP contribution is -2.40. The van der Waals surface area contributed by atoms with Gasteiger partial charge in [-0.15, -0.1) is 12.3 Å². The van der Waals surface area contributed by atoms with Gasteiger partial charge in [-0.3, -0.25) is 9.69 Å². The Morgan fingerprint density at radius 2 is 2.32 bits per heavy atom. The summed E-state index contributed by atoms with van der Waals surface area (Å²) in [5.74, 6) is 2.54. The molecule has 1 fully saturated rings. The van der Waals surface area contributed by atoms with E-state index in [1.807, 2.05) is 0 Å². The van der Waals surface area contributed by atoms with Crippen LogP contribution in [0.5, 0.6) is 0 Å². The molecule has 3 unspecified atom stereocenters. The second kappa shape index (κ2) is 8.16. The SMILES string of the molecule is C#CCCCN1CC(CNC(=O)CC)C(O)C1CO. The molecular weight excluding hydrogens is 244 g/mol. The van der Waals surface area contributed by atoms with Crippen LogP contribution in [-0.2, 0) is 4.79 Å². The van der Waals surface area contributed by atoms with E-state index in [0.717, 1.165) is 13.0 Å². The van der Waals surface area contributed by atoms with Crippen molar-refractivity contribution in [1.82, 2.24) is 10.2 Å². The smallest absolute Gasteiger partial charge is 0.219 e. The van der Waals surface area contributed by atoms with Crippen LogP contribution in [0.1, 0.15) is 26.2 Å². The van der Waals surface area contributed by atoms with Gasteiger partial charge < -0.3 is 15.5 Å². The maximum atomic E-state index is 11.2. The van der Waals surface area contributed by atoms with Crippen molar-refractivity contribution in [3.05, 3.63) is 0 Å². The molecule has 0 radical (unpaired) electrons. The van der Waals surface area contributed by atoms with Crippen molar-refractivity contribution in [3.63, 3.8) is 0 Å². The fraction of sp³-hybridized carbons (Fsp3) is 0.786. The summed E-state index contributed by atoms with van der Waals surface area (Å²) in [6.07, 6.45) is 6.61. The summed E-state index contributed by atoms with van der Waals surface area (Å²) in [5.41, 5.74) is 0.